The minimum Gasteiger partial charge on any atom is -0.310 e. The van der Waals surface area contributed by atoms with Crippen LogP contribution in [0.2, 0.25) is 0 Å². The fourth-order valence-corrected chi connectivity index (χ4v) is 9.53. The molecule has 0 aliphatic heterocycles. The average Bonchev–Trinajstić information content (AvgIpc) is 3.75. The van der Waals surface area contributed by atoms with Crippen molar-refractivity contribution in [2.24, 2.45) is 0 Å². The topological polar surface area (TPSA) is 8.17 Å². The molecular formula is C57H42N2. The van der Waals surface area contributed by atoms with Crippen molar-refractivity contribution in [1.29, 1.82) is 0 Å². The van der Waals surface area contributed by atoms with Crippen LogP contribution in [0.1, 0.15) is 25.0 Å². The summed E-state index contributed by atoms with van der Waals surface area (Å²) in [6, 6.07) is 79.7. The molecule has 0 unspecified atom stereocenters. The highest BCUT2D eigenvalue weighted by Crippen LogP contribution is 2.52. The van der Waals surface area contributed by atoms with Crippen LogP contribution in [0.5, 0.6) is 0 Å². The van der Waals surface area contributed by atoms with Crippen molar-refractivity contribution in [3.05, 3.63) is 230 Å². The molecule has 11 rings (SSSR count). The molecule has 0 saturated carbocycles. The van der Waals surface area contributed by atoms with Crippen LogP contribution in [0.3, 0.4) is 0 Å². The average molecular weight is 755 g/mol. The van der Waals surface area contributed by atoms with E-state index in [1.54, 1.807) is 0 Å². The van der Waals surface area contributed by atoms with Gasteiger partial charge in [0, 0.05) is 38.8 Å². The zero-order chi connectivity index (χ0) is 39.5. The first-order valence-corrected chi connectivity index (χ1v) is 20.5. The summed E-state index contributed by atoms with van der Waals surface area (Å²) in [6.07, 6.45) is 0. The number of benzene rings is 9. The predicted octanol–water partition coefficient (Wildman–Crippen LogP) is 15.6. The van der Waals surface area contributed by atoms with E-state index in [2.05, 4.69) is 242 Å². The first-order chi connectivity index (χ1) is 29.0. The minimum absolute atomic E-state index is 0.214. The maximum atomic E-state index is 2.45. The molecule has 0 spiro atoms. The standard InChI is InChI=1S/C57H42N2/c1-57(2)51-37-43(30-33-48(51)49-34-32-46(38-52(49)57)58(44-24-11-5-12-25-44)53-29-17-23-39-18-15-16-28-47(39)53)42-31-35-54-50(36-42)55(40-19-7-3-8-20-40)56(41-21-9-4-10-22-41)59(54)45-26-13-6-14-27-45/h3-38H,1-2H3. The van der Waals surface area contributed by atoms with Crippen LogP contribution in [0, 0.1) is 0 Å². The normalized spacial score (nSPS) is 12.7. The molecule has 0 N–H and O–H groups in total. The second-order valence-electron chi connectivity index (χ2n) is 16.1. The number of hydrogen-bond donors (Lipinski definition) is 0. The van der Waals surface area contributed by atoms with Crippen LogP contribution in [0.25, 0.3) is 72.0 Å². The van der Waals surface area contributed by atoms with Gasteiger partial charge >= 0.3 is 0 Å². The lowest BCUT2D eigenvalue weighted by atomic mass is 9.81. The van der Waals surface area contributed by atoms with E-state index in [1.165, 1.54) is 83.1 Å². The molecule has 0 atom stereocenters. The molecule has 0 saturated heterocycles. The monoisotopic (exact) mass is 754 g/mol. The Morgan fingerprint density at radius 3 is 1.73 bits per heavy atom. The van der Waals surface area contributed by atoms with E-state index in [-0.39, 0.29) is 5.41 Å². The van der Waals surface area contributed by atoms with Gasteiger partial charge in [-0.05, 0) is 111 Å². The van der Waals surface area contributed by atoms with Gasteiger partial charge in [-0.3, -0.25) is 0 Å². The molecule has 0 fully saturated rings. The molecule has 1 aromatic heterocycles. The van der Waals surface area contributed by atoms with Gasteiger partial charge in [0.05, 0.1) is 16.9 Å². The Morgan fingerprint density at radius 1 is 0.407 bits per heavy atom. The summed E-state index contributed by atoms with van der Waals surface area (Å²) in [5.74, 6) is 0. The van der Waals surface area contributed by atoms with E-state index in [0.29, 0.717) is 0 Å². The highest BCUT2D eigenvalue weighted by molar-refractivity contribution is 6.07. The summed E-state index contributed by atoms with van der Waals surface area (Å²) in [5.41, 5.74) is 18.2. The maximum absolute atomic E-state index is 2.45. The Morgan fingerprint density at radius 2 is 0.983 bits per heavy atom. The van der Waals surface area contributed by atoms with Crippen LogP contribution in [0.4, 0.5) is 17.1 Å². The Bertz CT molecular complexity index is 3160. The molecule has 1 heterocycles. The molecule has 59 heavy (non-hydrogen) atoms. The largest absolute Gasteiger partial charge is 0.310 e. The van der Waals surface area contributed by atoms with Gasteiger partial charge in [-0.1, -0.05) is 172 Å². The molecule has 280 valence electrons. The van der Waals surface area contributed by atoms with Crippen LogP contribution < -0.4 is 4.90 Å². The van der Waals surface area contributed by atoms with E-state index in [9.17, 15) is 0 Å². The van der Waals surface area contributed by atoms with Crippen molar-refractivity contribution in [1.82, 2.24) is 4.57 Å². The van der Waals surface area contributed by atoms with Gasteiger partial charge in [-0.15, -0.1) is 0 Å². The lowest BCUT2D eigenvalue weighted by Gasteiger charge is -2.29. The Labute approximate surface area is 345 Å². The summed E-state index contributed by atoms with van der Waals surface area (Å²) >= 11 is 0. The molecule has 10 aromatic rings. The molecule has 0 amide bonds. The highest BCUT2D eigenvalue weighted by atomic mass is 15.1. The van der Waals surface area contributed by atoms with Crippen molar-refractivity contribution < 1.29 is 0 Å². The van der Waals surface area contributed by atoms with Gasteiger partial charge in [0.15, 0.2) is 0 Å². The predicted molar refractivity (Wildman–Crippen MR) is 249 cm³/mol. The van der Waals surface area contributed by atoms with Gasteiger partial charge in [0.25, 0.3) is 0 Å². The van der Waals surface area contributed by atoms with Crippen molar-refractivity contribution >= 4 is 38.7 Å². The lowest BCUT2D eigenvalue weighted by Crippen LogP contribution is -2.16. The van der Waals surface area contributed by atoms with Crippen molar-refractivity contribution in [3.8, 4) is 50.3 Å². The summed E-state index contributed by atoms with van der Waals surface area (Å²) in [5, 5.41) is 3.70. The number of fused-ring (bicyclic) bond motifs is 5. The Balaban J connectivity index is 1.05. The van der Waals surface area contributed by atoms with Gasteiger partial charge in [0.1, 0.15) is 0 Å². The summed E-state index contributed by atoms with van der Waals surface area (Å²) in [7, 11) is 0. The molecule has 2 nitrogen and oxygen atoms in total. The van der Waals surface area contributed by atoms with Gasteiger partial charge in [-0.2, -0.15) is 0 Å². The van der Waals surface area contributed by atoms with E-state index < -0.39 is 0 Å². The second-order valence-corrected chi connectivity index (χ2v) is 16.1. The Kier molecular flexibility index (Phi) is 8.20. The summed E-state index contributed by atoms with van der Waals surface area (Å²) in [6.45, 7) is 4.78. The molecule has 1 aliphatic carbocycles. The first kappa shape index (κ1) is 34.8. The van der Waals surface area contributed by atoms with Crippen LogP contribution in [-0.4, -0.2) is 4.57 Å². The first-order valence-electron chi connectivity index (χ1n) is 20.5. The third-order valence-electron chi connectivity index (χ3n) is 12.4. The molecule has 9 aromatic carbocycles. The number of hydrogen-bond acceptors (Lipinski definition) is 1. The van der Waals surface area contributed by atoms with Gasteiger partial charge in [0.2, 0.25) is 0 Å². The number of rotatable bonds is 7. The third-order valence-corrected chi connectivity index (χ3v) is 12.4. The van der Waals surface area contributed by atoms with E-state index in [0.717, 1.165) is 17.1 Å². The molecule has 2 heteroatoms. The highest BCUT2D eigenvalue weighted by Gasteiger charge is 2.36. The summed E-state index contributed by atoms with van der Waals surface area (Å²) in [4.78, 5) is 2.41. The lowest BCUT2D eigenvalue weighted by molar-refractivity contribution is 0.660. The number of aromatic nitrogens is 1. The minimum atomic E-state index is -0.214. The van der Waals surface area contributed by atoms with E-state index in [1.807, 2.05) is 0 Å². The maximum Gasteiger partial charge on any atom is 0.0619 e. The quantitative estimate of drug-likeness (QED) is 0.157. The SMILES string of the molecule is CC1(C)c2cc(-c3ccc4c(c3)c(-c3ccccc3)c(-c3ccccc3)n4-c3ccccc3)ccc2-c2ccc(N(c3ccccc3)c3cccc4ccccc34)cc21. The van der Waals surface area contributed by atoms with Crippen molar-refractivity contribution in [2.45, 2.75) is 19.3 Å². The number of nitrogens with zero attached hydrogens (tertiary/aromatic N) is 2. The summed E-state index contributed by atoms with van der Waals surface area (Å²) < 4.78 is 2.44. The second kappa shape index (κ2) is 13.9. The van der Waals surface area contributed by atoms with Crippen molar-refractivity contribution in [3.63, 3.8) is 0 Å². The van der Waals surface area contributed by atoms with E-state index >= 15 is 0 Å². The van der Waals surface area contributed by atoms with Crippen LogP contribution >= 0.6 is 0 Å². The van der Waals surface area contributed by atoms with Crippen LogP contribution in [0.15, 0.2) is 218 Å². The van der Waals surface area contributed by atoms with Gasteiger partial charge in [-0.25, -0.2) is 0 Å². The molecule has 0 radical (unpaired) electrons. The van der Waals surface area contributed by atoms with Crippen molar-refractivity contribution in [2.75, 3.05) is 4.90 Å². The zero-order valence-electron chi connectivity index (χ0n) is 33.2. The number of para-hydroxylation sites is 2. The van der Waals surface area contributed by atoms with E-state index in [4.69, 9.17) is 0 Å². The van der Waals surface area contributed by atoms with Gasteiger partial charge < -0.3 is 9.47 Å². The number of anilines is 3. The molecule has 1 aliphatic rings. The fraction of sp³-hybridized carbons (Fsp3) is 0.0526. The fourth-order valence-electron chi connectivity index (χ4n) is 9.53. The third kappa shape index (κ3) is 5.71. The molecule has 0 bridgehead atoms. The van der Waals surface area contributed by atoms with Crippen LogP contribution in [-0.2, 0) is 5.41 Å². The smallest absolute Gasteiger partial charge is 0.0619 e. The molecular weight excluding hydrogens is 713 g/mol. The Hall–Kier alpha value is -7.42. The zero-order valence-corrected chi connectivity index (χ0v) is 33.2.